The fourth-order valence-electron chi connectivity index (χ4n) is 1.93. The Kier molecular flexibility index (Phi) is 4.20. The number of benzene rings is 1. The van der Waals surface area contributed by atoms with Crippen LogP contribution >= 0.6 is 0 Å². The molecule has 22 heavy (non-hydrogen) atoms. The van der Waals surface area contributed by atoms with E-state index >= 15 is 0 Å². The number of hydrogen-bond acceptors (Lipinski definition) is 6. The zero-order chi connectivity index (χ0) is 16.3. The van der Waals surface area contributed by atoms with Crippen LogP contribution in [-0.4, -0.2) is 21.5 Å². The first kappa shape index (κ1) is 15.2. The van der Waals surface area contributed by atoms with Gasteiger partial charge in [0.25, 0.3) is 11.8 Å². The molecule has 9 heteroatoms. The second kappa shape index (κ2) is 6.08. The van der Waals surface area contributed by atoms with E-state index < -0.39 is 17.2 Å². The summed E-state index contributed by atoms with van der Waals surface area (Å²) in [5.41, 5.74) is 3.29. The molecule has 0 radical (unpaired) electrons. The molecule has 9 nitrogen and oxygen atoms in total. The zero-order valence-corrected chi connectivity index (χ0v) is 11.2. The van der Waals surface area contributed by atoms with Gasteiger partial charge in [0.05, 0.1) is 0 Å². The third-order valence-corrected chi connectivity index (χ3v) is 2.88. The van der Waals surface area contributed by atoms with Gasteiger partial charge in [-0.15, -0.1) is 0 Å². The average molecular weight is 303 g/mol. The van der Waals surface area contributed by atoms with Crippen molar-refractivity contribution < 1.29 is 14.7 Å². The minimum absolute atomic E-state index is 0.000511. The lowest BCUT2D eigenvalue weighted by Crippen LogP contribution is -2.37. The van der Waals surface area contributed by atoms with Gasteiger partial charge in [0, 0.05) is 17.8 Å². The second-order valence-electron chi connectivity index (χ2n) is 4.26. The third-order valence-electron chi connectivity index (χ3n) is 2.88. The van der Waals surface area contributed by atoms with E-state index in [1.165, 1.54) is 28.8 Å². The number of carbonyl (C=O) groups is 2. The fraction of sp³-hybridized carbons (Fsp3) is 0. The Hall–Kier alpha value is -3.17. The van der Waals surface area contributed by atoms with E-state index in [0.717, 1.165) is 12.1 Å². The number of nitrogen functional groups attached to an aromatic ring is 2. The van der Waals surface area contributed by atoms with E-state index in [1.54, 1.807) is 0 Å². The van der Waals surface area contributed by atoms with Crippen LogP contribution in [0.1, 0.15) is 21.0 Å². The molecule has 0 saturated carbocycles. The summed E-state index contributed by atoms with van der Waals surface area (Å²) in [7, 11) is 0. The van der Waals surface area contributed by atoms with Crippen molar-refractivity contribution >= 4 is 11.8 Å². The SMILES string of the molecule is NNC(=O)c1cc(=O)cc(C(=O)NN)n1-c1ccc(O)cc1. The van der Waals surface area contributed by atoms with Crippen LogP contribution < -0.4 is 28.0 Å². The summed E-state index contributed by atoms with van der Waals surface area (Å²) in [4.78, 5) is 35.5. The number of hydrazine groups is 2. The van der Waals surface area contributed by atoms with Gasteiger partial charge >= 0.3 is 0 Å². The van der Waals surface area contributed by atoms with Crippen molar-refractivity contribution in [3.8, 4) is 11.4 Å². The van der Waals surface area contributed by atoms with Gasteiger partial charge in [0.2, 0.25) is 0 Å². The molecule has 0 aliphatic rings. The highest BCUT2D eigenvalue weighted by molar-refractivity contribution is 5.97. The average Bonchev–Trinajstić information content (AvgIpc) is 2.53. The number of phenolic OH excluding ortho intramolecular Hbond substituents is 1. The monoisotopic (exact) mass is 303 g/mol. The van der Waals surface area contributed by atoms with Crippen molar-refractivity contribution in [2.45, 2.75) is 0 Å². The third kappa shape index (κ3) is 2.80. The maximum atomic E-state index is 11.9. The zero-order valence-electron chi connectivity index (χ0n) is 11.2. The van der Waals surface area contributed by atoms with E-state index in [2.05, 4.69) is 0 Å². The molecule has 2 amide bonds. The number of rotatable bonds is 3. The normalized spacial score (nSPS) is 10.1. The molecule has 114 valence electrons. The summed E-state index contributed by atoms with van der Waals surface area (Å²) in [5.74, 6) is 8.67. The maximum absolute atomic E-state index is 11.9. The smallest absolute Gasteiger partial charge is 0.282 e. The van der Waals surface area contributed by atoms with Crippen molar-refractivity contribution in [1.82, 2.24) is 15.4 Å². The Morgan fingerprint density at radius 3 is 1.82 bits per heavy atom. The molecule has 1 aromatic heterocycles. The van der Waals surface area contributed by atoms with Gasteiger partial charge in [-0.1, -0.05) is 0 Å². The molecule has 7 N–H and O–H groups in total. The van der Waals surface area contributed by atoms with Gasteiger partial charge in [0.15, 0.2) is 5.43 Å². The number of aromatic nitrogens is 1. The standard InChI is InChI=1S/C13H13N5O4/c14-16-12(21)10-5-9(20)6-11(13(22)17-15)18(10)7-1-3-8(19)4-2-7/h1-6,19H,14-15H2,(H,16,21)(H,17,22). The van der Waals surface area contributed by atoms with E-state index in [0.29, 0.717) is 5.69 Å². The predicted octanol–water partition coefficient (Wildman–Crippen LogP) is -1.25. The molecular weight excluding hydrogens is 290 g/mol. The Balaban J connectivity index is 2.81. The van der Waals surface area contributed by atoms with Gasteiger partial charge in [-0.3, -0.25) is 25.2 Å². The molecule has 0 aliphatic heterocycles. The van der Waals surface area contributed by atoms with Gasteiger partial charge in [-0.2, -0.15) is 0 Å². The summed E-state index contributed by atoms with van der Waals surface area (Å²) < 4.78 is 1.20. The predicted molar refractivity (Wildman–Crippen MR) is 77.0 cm³/mol. The highest BCUT2D eigenvalue weighted by atomic mass is 16.3. The van der Waals surface area contributed by atoms with Crippen LogP contribution in [0, 0.1) is 0 Å². The van der Waals surface area contributed by atoms with Gasteiger partial charge in [-0.25, -0.2) is 11.7 Å². The number of nitrogens with zero attached hydrogens (tertiary/aromatic N) is 1. The lowest BCUT2D eigenvalue weighted by molar-refractivity contribution is 0.0939. The molecule has 1 aromatic carbocycles. The van der Waals surface area contributed by atoms with Crippen LogP contribution in [0.4, 0.5) is 0 Å². The van der Waals surface area contributed by atoms with Crippen molar-refractivity contribution in [3.05, 3.63) is 58.0 Å². The van der Waals surface area contributed by atoms with E-state index in [4.69, 9.17) is 11.7 Å². The van der Waals surface area contributed by atoms with Gasteiger partial charge < -0.3 is 9.67 Å². The van der Waals surface area contributed by atoms with E-state index in [1.807, 2.05) is 10.9 Å². The molecule has 2 aromatic rings. The number of nitrogens with one attached hydrogen (secondary N) is 2. The molecule has 2 rings (SSSR count). The fourth-order valence-corrected chi connectivity index (χ4v) is 1.93. The summed E-state index contributed by atoms with van der Waals surface area (Å²) in [5, 5.41) is 9.34. The number of nitrogens with two attached hydrogens (primary N) is 2. The first-order chi connectivity index (χ1) is 10.5. The highest BCUT2D eigenvalue weighted by Gasteiger charge is 2.19. The molecule has 0 atom stereocenters. The maximum Gasteiger partial charge on any atom is 0.282 e. The van der Waals surface area contributed by atoms with Crippen LogP contribution in [0.25, 0.3) is 5.69 Å². The second-order valence-corrected chi connectivity index (χ2v) is 4.26. The summed E-state index contributed by atoms with van der Waals surface area (Å²) in [6.45, 7) is 0. The number of hydrogen-bond donors (Lipinski definition) is 5. The van der Waals surface area contributed by atoms with Crippen molar-refractivity contribution in [2.24, 2.45) is 11.7 Å². The first-order valence-electron chi connectivity index (χ1n) is 6.06. The molecule has 0 spiro atoms. The summed E-state index contributed by atoms with van der Waals surface area (Å²) >= 11 is 0. The quantitative estimate of drug-likeness (QED) is 0.271. The summed E-state index contributed by atoms with van der Waals surface area (Å²) in [6.07, 6.45) is 0. The number of amides is 2. The largest absolute Gasteiger partial charge is 0.508 e. The van der Waals surface area contributed by atoms with E-state index in [-0.39, 0.29) is 17.1 Å². The van der Waals surface area contributed by atoms with Gasteiger partial charge in [-0.05, 0) is 24.3 Å². The van der Waals surface area contributed by atoms with Crippen molar-refractivity contribution in [2.75, 3.05) is 0 Å². The topological polar surface area (TPSA) is 152 Å². The summed E-state index contributed by atoms with van der Waals surface area (Å²) in [6, 6.07) is 7.70. The Bertz CT molecular complexity index is 742. The lowest BCUT2D eigenvalue weighted by atomic mass is 10.2. The van der Waals surface area contributed by atoms with E-state index in [9.17, 15) is 19.5 Å². The van der Waals surface area contributed by atoms with Crippen LogP contribution in [0.3, 0.4) is 0 Å². The molecule has 0 saturated heterocycles. The Morgan fingerprint density at radius 1 is 0.955 bits per heavy atom. The number of pyridine rings is 1. The molecule has 1 heterocycles. The van der Waals surface area contributed by atoms with Crippen LogP contribution in [0.2, 0.25) is 0 Å². The molecular formula is C13H13N5O4. The van der Waals surface area contributed by atoms with Gasteiger partial charge in [0.1, 0.15) is 17.1 Å². The van der Waals surface area contributed by atoms with Crippen LogP contribution in [0.5, 0.6) is 5.75 Å². The van der Waals surface area contributed by atoms with Crippen LogP contribution in [-0.2, 0) is 0 Å². The number of phenols is 1. The first-order valence-corrected chi connectivity index (χ1v) is 6.06. The van der Waals surface area contributed by atoms with Crippen molar-refractivity contribution in [1.29, 1.82) is 0 Å². The minimum atomic E-state index is -0.767. The molecule has 0 fully saturated rings. The number of aromatic hydroxyl groups is 1. The molecule has 0 aliphatic carbocycles. The Labute approximate surface area is 124 Å². The molecule has 0 bridgehead atoms. The Morgan fingerprint density at radius 2 is 1.41 bits per heavy atom. The number of carbonyl (C=O) groups excluding carboxylic acids is 2. The minimum Gasteiger partial charge on any atom is -0.508 e. The van der Waals surface area contributed by atoms with Crippen molar-refractivity contribution in [3.63, 3.8) is 0 Å². The highest BCUT2D eigenvalue weighted by Crippen LogP contribution is 2.17. The molecule has 0 unspecified atom stereocenters. The lowest BCUT2D eigenvalue weighted by Gasteiger charge is -2.16. The van der Waals surface area contributed by atoms with Crippen LogP contribution in [0.15, 0.2) is 41.2 Å².